The van der Waals surface area contributed by atoms with Crippen molar-refractivity contribution in [1.82, 2.24) is 15.6 Å². The van der Waals surface area contributed by atoms with Crippen molar-refractivity contribution < 1.29 is 22.8 Å². The third-order valence-corrected chi connectivity index (χ3v) is 8.04. The molecule has 6 nitrogen and oxygen atoms in total. The van der Waals surface area contributed by atoms with Crippen LogP contribution in [-0.4, -0.2) is 41.6 Å². The Morgan fingerprint density at radius 1 is 1.03 bits per heavy atom. The Morgan fingerprint density at radius 3 is 2.32 bits per heavy atom. The highest BCUT2D eigenvalue weighted by molar-refractivity contribution is 6.03. The number of nitrogens with one attached hydrogen (secondary N) is 2. The lowest BCUT2D eigenvalue weighted by Gasteiger charge is -2.35. The second-order valence-corrected chi connectivity index (χ2v) is 10.5. The van der Waals surface area contributed by atoms with E-state index in [4.69, 9.17) is 0 Å². The summed E-state index contributed by atoms with van der Waals surface area (Å²) in [5.74, 6) is -0.570. The molecule has 3 aliphatic rings. The van der Waals surface area contributed by atoms with Crippen LogP contribution in [0.25, 0.3) is 0 Å². The van der Waals surface area contributed by atoms with Crippen LogP contribution in [-0.2, 0) is 15.0 Å². The highest BCUT2D eigenvalue weighted by Gasteiger charge is 2.64. The predicted molar refractivity (Wildman–Crippen MR) is 134 cm³/mol. The Hall–Kier alpha value is -2.94. The lowest BCUT2D eigenvalue weighted by atomic mass is 9.94. The minimum atomic E-state index is -4.32. The zero-order chi connectivity index (χ0) is 26.0. The normalized spacial score (nSPS) is 22.3. The summed E-state index contributed by atoms with van der Waals surface area (Å²) >= 11 is 0. The van der Waals surface area contributed by atoms with Crippen LogP contribution < -0.4 is 15.5 Å². The second-order valence-electron chi connectivity index (χ2n) is 10.5. The van der Waals surface area contributed by atoms with Crippen molar-refractivity contribution in [2.24, 2.45) is 0 Å². The molecule has 2 unspecified atom stereocenters. The molecule has 37 heavy (non-hydrogen) atoms. The fourth-order valence-corrected chi connectivity index (χ4v) is 5.75. The van der Waals surface area contributed by atoms with Crippen molar-refractivity contribution >= 4 is 17.5 Å². The summed E-state index contributed by atoms with van der Waals surface area (Å²) in [5, 5.41) is 6.36. The Morgan fingerprint density at radius 2 is 1.76 bits per heavy atom. The number of halogens is 3. The van der Waals surface area contributed by atoms with E-state index in [2.05, 4.69) is 15.6 Å². The Labute approximate surface area is 215 Å². The zero-order valence-corrected chi connectivity index (χ0v) is 20.8. The van der Waals surface area contributed by atoms with Crippen LogP contribution in [0.4, 0.5) is 18.9 Å². The molecule has 1 saturated heterocycles. The predicted octanol–water partition coefficient (Wildman–Crippen LogP) is 4.95. The maximum absolute atomic E-state index is 13.9. The van der Waals surface area contributed by atoms with Crippen molar-refractivity contribution in [2.45, 2.75) is 87.5 Å². The molecule has 198 valence electrons. The Balaban J connectivity index is 1.52. The molecule has 0 bridgehead atoms. The van der Waals surface area contributed by atoms with Gasteiger partial charge in [0.2, 0.25) is 11.8 Å². The number of amides is 2. The molecule has 2 aromatic rings. The van der Waals surface area contributed by atoms with Gasteiger partial charge in [-0.05, 0) is 68.8 Å². The molecule has 0 radical (unpaired) electrons. The molecule has 9 heteroatoms. The van der Waals surface area contributed by atoms with E-state index in [0.29, 0.717) is 24.2 Å². The SMILES string of the molecule is O=C(NC1CCCCC1)C(c1cccnc1)N(C(=O)C1CCCN1)c1ccc(C2(C(F)(F)F)CC2)cc1. The number of pyridine rings is 1. The number of hydrogen-bond acceptors (Lipinski definition) is 4. The van der Waals surface area contributed by atoms with Gasteiger partial charge in [-0.2, -0.15) is 13.2 Å². The Kier molecular flexibility index (Phi) is 7.25. The minimum absolute atomic E-state index is 0.0332. The maximum Gasteiger partial charge on any atom is 0.398 e. The van der Waals surface area contributed by atoms with Gasteiger partial charge in [-0.15, -0.1) is 0 Å². The molecule has 3 fully saturated rings. The van der Waals surface area contributed by atoms with Crippen molar-refractivity contribution in [3.63, 3.8) is 0 Å². The third kappa shape index (κ3) is 5.23. The first-order chi connectivity index (χ1) is 17.8. The largest absolute Gasteiger partial charge is 0.398 e. The van der Waals surface area contributed by atoms with E-state index < -0.39 is 23.7 Å². The first kappa shape index (κ1) is 25.7. The summed E-state index contributed by atoms with van der Waals surface area (Å²) in [4.78, 5) is 33.3. The van der Waals surface area contributed by atoms with Crippen LogP contribution in [0.3, 0.4) is 0 Å². The van der Waals surface area contributed by atoms with E-state index in [1.807, 2.05) is 0 Å². The van der Waals surface area contributed by atoms with Gasteiger partial charge in [-0.1, -0.05) is 37.5 Å². The van der Waals surface area contributed by atoms with Gasteiger partial charge in [0, 0.05) is 29.7 Å². The fraction of sp³-hybridized carbons (Fsp3) is 0.536. The molecule has 2 aliphatic carbocycles. The highest BCUT2D eigenvalue weighted by atomic mass is 19.4. The first-order valence-electron chi connectivity index (χ1n) is 13.2. The van der Waals surface area contributed by atoms with Gasteiger partial charge in [0.05, 0.1) is 11.5 Å². The van der Waals surface area contributed by atoms with E-state index in [1.165, 1.54) is 17.0 Å². The van der Waals surface area contributed by atoms with Crippen LogP contribution in [0.2, 0.25) is 0 Å². The number of alkyl halides is 3. The van der Waals surface area contributed by atoms with E-state index in [1.54, 1.807) is 36.7 Å². The van der Waals surface area contributed by atoms with Gasteiger partial charge in [0.1, 0.15) is 6.04 Å². The van der Waals surface area contributed by atoms with Gasteiger partial charge in [-0.25, -0.2) is 0 Å². The topological polar surface area (TPSA) is 74.3 Å². The van der Waals surface area contributed by atoms with E-state index in [-0.39, 0.29) is 36.3 Å². The summed E-state index contributed by atoms with van der Waals surface area (Å²) < 4.78 is 41.2. The summed E-state index contributed by atoms with van der Waals surface area (Å²) in [6, 6.07) is 8.06. The van der Waals surface area contributed by atoms with Gasteiger partial charge in [0.25, 0.3) is 0 Å². The Bertz CT molecular complexity index is 1090. The minimum Gasteiger partial charge on any atom is -0.351 e. The van der Waals surface area contributed by atoms with Crippen LogP contribution >= 0.6 is 0 Å². The molecule has 2 amide bonds. The van der Waals surface area contributed by atoms with E-state index in [0.717, 1.165) is 38.5 Å². The average molecular weight is 515 g/mol. The molecule has 2 heterocycles. The molecular weight excluding hydrogens is 481 g/mol. The molecule has 5 rings (SSSR count). The average Bonchev–Trinajstić information content (AvgIpc) is 3.55. The number of rotatable bonds is 7. The number of nitrogens with zero attached hydrogens (tertiary/aromatic N) is 2. The number of aromatic nitrogens is 1. The van der Waals surface area contributed by atoms with Crippen molar-refractivity contribution in [2.75, 3.05) is 11.4 Å². The molecule has 2 saturated carbocycles. The second kappa shape index (κ2) is 10.4. The van der Waals surface area contributed by atoms with Gasteiger partial charge < -0.3 is 10.6 Å². The van der Waals surface area contributed by atoms with E-state index >= 15 is 0 Å². The highest BCUT2D eigenvalue weighted by Crippen LogP contribution is 2.59. The van der Waals surface area contributed by atoms with Crippen LogP contribution in [0.5, 0.6) is 0 Å². The number of hydrogen-bond donors (Lipinski definition) is 2. The summed E-state index contributed by atoms with van der Waals surface area (Å²) in [5.41, 5.74) is -0.665. The summed E-state index contributed by atoms with van der Waals surface area (Å²) in [6.07, 6.45) is 5.44. The standard InChI is InChI=1S/C28H33F3N4O2/c29-28(30,31)27(14-15-27)20-10-12-22(13-11-20)35(26(37)23-9-5-17-33-23)24(19-6-4-16-32-18-19)25(36)34-21-7-2-1-3-8-21/h4,6,10-13,16,18,21,23-24,33H,1-3,5,7-9,14-15,17H2,(H,34,36). The van der Waals surface area contributed by atoms with E-state index in [9.17, 15) is 22.8 Å². The van der Waals surface area contributed by atoms with Crippen molar-refractivity contribution in [3.05, 3.63) is 59.9 Å². The lowest BCUT2D eigenvalue weighted by molar-refractivity contribution is -0.160. The third-order valence-electron chi connectivity index (χ3n) is 8.04. The molecule has 1 aliphatic heterocycles. The number of carbonyl (C=O) groups is 2. The van der Waals surface area contributed by atoms with Gasteiger partial charge >= 0.3 is 6.18 Å². The van der Waals surface area contributed by atoms with Crippen LogP contribution in [0.15, 0.2) is 48.8 Å². The molecule has 2 atom stereocenters. The number of benzene rings is 1. The zero-order valence-electron chi connectivity index (χ0n) is 20.8. The molecule has 1 aromatic carbocycles. The van der Waals surface area contributed by atoms with Crippen molar-refractivity contribution in [3.8, 4) is 0 Å². The van der Waals surface area contributed by atoms with Crippen LogP contribution in [0, 0.1) is 0 Å². The first-order valence-corrected chi connectivity index (χ1v) is 13.2. The van der Waals surface area contributed by atoms with Crippen molar-refractivity contribution in [1.29, 1.82) is 0 Å². The fourth-order valence-electron chi connectivity index (χ4n) is 5.75. The molecule has 0 spiro atoms. The van der Waals surface area contributed by atoms with Crippen LogP contribution in [0.1, 0.15) is 75.0 Å². The monoisotopic (exact) mass is 514 g/mol. The summed E-state index contributed by atoms with van der Waals surface area (Å²) in [7, 11) is 0. The summed E-state index contributed by atoms with van der Waals surface area (Å²) in [6.45, 7) is 0.698. The van der Waals surface area contributed by atoms with Gasteiger partial charge in [0.15, 0.2) is 0 Å². The number of carbonyl (C=O) groups excluding carboxylic acids is 2. The maximum atomic E-state index is 13.9. The smallest absolute Gasteiger partial charge is 0.351 e. The molecule has 1 aromatic heterocycles. The number of anilines is 1. The van der Waals surface area contributed by atoms with Gasteiger partial charge in [-0.3, -0.25) is 19.5 Å². The lowest BCUT2D eigenvalue weighted by Crippen LogP contribution is -2.51. The quantitative estimate of drug-likeness (QED) is 0.548. The molecule has 2 N–H and O–H groups in total. The molecular formula is C28H33F3N4O2.